The number of pyridine rings is 1. The third kappa shape index (κ3) is 4.79. The highest BCUT2D eigenvalue weighted by Crippen LogP contribution is 2.29. The van der Waals surface area contributed by atoms with Gasteiger partial charge in [-0.3, -0.25) is 4.98 Å². The van der Waals surface area contributed by atoms with Crippen molar-refractivity contribution in [1.82, 2.24) is 10.3 Å². The molecule has 1 heterocycles. The van der Waals surface area contributed by atoms with Gasteiger partial charge in [0.2, 0.25) is 0 Å². The molecule has 0 atom stereocenters. The average Bonchev–Trinajstić information content (AvgIpc) is 2.47. The second-order valence-electron chi connectivity index (χ2n) is 4.70. The monoisotopic (exact) mass is 352 g/mol. The normalized spacial score (nSPS) is 10.6. The molecular formula is C16H18BrFN2O. The highest BCUT2D eigenvalue weighted by Gasteiger charge is 2.08. The van der Waals surface area contributed by atoms with Gasteiger partial charge in [0.25, 0.3) is 0 Å². The molecule has 5 heteroatoms. The van der Waals surface area contributed by atoms with Crippen LogP contribution in [0.15, 0.2) is 41.1 Å². The van der Waals surface area contributed by atoms with E-state index < -0.39 is 0 Å². The minimum Gasteiger partial charge on any atom is -0.487 e. The highest BCUT2D eigenvalue weighted by atomic mass is 79.9. The zero-order valence-electron chi connectivity index (χ0n) is 11.9. The van der Waals surface area contributed by atoms with Gasteiger partial charge in [-0.1, -0.05) is 19.1 Å². The number of benzene rings is 1. The van der Waals surface area contributed by atoms with Crippen LogP contribution in [0.25, 0.3) is 0 Å². The van der Waals surface area contributed by atoms with E-state index in [1.165, 1.54) is 12.3 Å². The van der Waals surface area contributed by atoms with Crippen molar-refractivity contribution in [3.05, 3.63) is 58.1 Å². The van der Waals surface area contributed by atoms with Crippen LogP contribution < -0.4 is 10.1 Å². The Bertz CT molecular complexity index is 592. The number of hydrogen-bond acceptors (Lipinski definition) is 3. The third-order valence-corrected chi connectivity index (χ3v) is 3.56. The number of halogens is 2. The Morgan fingerprint density at radius 3 is 2.95 bits per heavy atom. The molecule has 0 saturated carbocycles. The lowest BCUT2D eigenvalue weighted by Crippen LogP contribution is -2.14. The molecular weight excluding hydrogens is 335 g/mol. The summed E-state index contributed by atoms with van der Waals surface area (Å²) >= 11 is 3.50. The quantitative estimate of drug-likeness (QED) is 0.763. The van der Waals surface area contributed by atoms with E-state index in [-0.39, 0.29) is 12.4 Å². The molecule has 0 spiro atoms. The average molecular weight is 353 g/mol. The van der Waals surface area contributed by atoms with Gasteiger partial charge in [-0.15, -0.1) is 0 Å². The Balaban J connectivity index is 2.07. The van der Waals surface area contributed by atoms with Gasteiger partial charge in [-0.05, 0) is 41.0 Å². The van der Waals surface area contributed by atoms with Crippen LogP contribution >= 0.6 is 15.9 Å². The van der Waals surface area contributed by atoms with E-state index >= 15 is 0 Å². The standard InChI is InChI=1S/C16H18BrFN2O/c1-2-6-19-9-13-4-3-5-15(17)16(13)21-11-12-7-14(18)10-20-8-12/h3-5,7-8,10,19H,2,6,9,11H2,1H3. The van der Waals surface area contributed by atoms with Gasteiger partial charge in [-0.2, -0.15) is 0 Å². The number of hydrogen-bond donors (Lipinski definition) is 1. The Labute approximate surface area is 132 Å². The number of ether oxygens (including phenoxy) is 1. The zero-order chi connectivity index (χ0) is 15.1. The molecule has 0 bridgehead atoms. The lowest BCUT2D eigenvalue weighted by atomic mass is 10.2. The maximum Gasteiger partial charge on any atom is 0.141 e. The van der Waals surface area contributed by atoms with Crippen LogP contribution in [-0.2, 0) is 13.2 Å². The predicted molar refractivity (Wildman–Crippen MR) is 84.7 cm³/mol. The van der Waals surface area contributed by atoms with Crippen molar-refractivity contribution in [1.29, 1.82) is 0 Å². The van der Waals surface area contributed by atoms with Crippen LogP contribution in [-0.4, -0.2) is 11.5 Å². The van der Waals surface area contributed by atoms with Crippen LogP contribution in [0.5, 0.6) is 5.75 Å². The van der Waals surface area contributed by atoms with Crippen molar-refractivity contribution in [2.75, 3.05) is 6.54 Å². The molecule has 21 heavy (non-hydrogen) atoms. The van der Waals surface area contributed by atoms with Gasteiger partial charge in [0.1, 0.15) is 18.2 Å². The number of nitrogens with zero attached hydrogens (tertiary/aromatic N) is 1. The fraction of sp³-hybridized carbons (Fsp3) is 0.312. The molecule has 0 aliphatic heterocycles. The van der Waals surface area contributed by atoms with Gasteiger partial charge in [0.15, 0.2) is 0 Å². The molecule has 0 aliphatic rings. The van der Waals surface area contributed by atoms with Crippen LogP contribution in [0, 0.1) is 5.82 Å². The summed E-state index contributed by atoms with van der Waals surface area (Å²) in [5, 5.41) is 3.35. The molecule has 0 fully saturated rings. The Morgan fingerprint density at radius 2 is 2.19 bits per heavy atom. The van der Waals surface area contributed by atoms with Gasteiger partial charge < -0.3 is 10.1 Å². The molecule has 0 unspecified atom stereocenters. The molecule has 2 rings (SSSR count). The van der Waals surface area contributed by atoms with Gasteiger partial charge in [0.05, 0.1) is 10.7 Å². The molecule has 1 aromatic carbocycles. The van der Waals surface area contributed by atoms with E-state index in [1.54, 1.807) is 6.20 Å². The van der Waals surface area contributed by atoms with Gasteiger partial charge >= 0.3 is 0 Å². The van der Waals surface area contributed by atoms with E-state index in [4.69, 9.17) is 4.74 Å². The fourth-order valence-electron chi connectivity index (χ4n) is 1.94. The predicted octanol–water partition coefficient (Wildman–Crippen LogP) is 4.06. The lowest BCUT2D eigenvalue weighted by Gasteiger charge is -2.14. The van der Waals surface area contributed by atoms with Crippen LogP contribution in [0.2, 0.25) is 0 Å². The van der Waals surface area contributed by atoms with Crippen LogP contribution in [0.3, 0.4) is 0 Å². The number of nitrogens with one attached hydrogen (secondary N) is 1. The fourth-order valence-corrected chi connectivity index (χ4v) is 2.47. The first-order valence-electron chi connectivity index (χ1n) is 6.91. The molecule has 2 aromatic rings. The second-order valence-corrected chi connectivity index (χ2v) is 5.56. The summed E-state index contributed by atoms with van der Waals surface area (Å²) in [5.41, 5.74) is 1.78. The summed E-state index contributed by atoms with van der Waals surface area (Å²) in [7, 11) is 0. The topological polar surface area (TPSA) is 34.1 Å². The first-order valence-corrected chi connectivity index (χ1v) is 7.70. The van der Waals surface area contributed by atoms with Crippen LogP contribution in [0.4, 0.5) is 4.39 Å². The van der Waals surface area contributed by atoms with Crippen molar-refractivity contribution < 1.29 is 9.13 Å². The van der Waals surface area contributed by atoms with Crippen molar-refractivity contribution in [3.63, 3.8) is 0 Å². The molecule has 1 N–H and O–H groups in total. The summed E-state index contributed by atoms with van der Waals surface area (Å²) in [4.78, 5) is 3.82. The summed E-state index contributed by atoms with van der Waals surface area (Å²) in [6.07, 6.45) is 3.87. The van der Waals surface area contributed by atoms with Gasteiger partial charge in [0, 0.05) is 23.9 Å². The van der Waals surface area contributed by atoms with Crippen molar-refractivity contribution >= 4 is 15.9 Å². The smallest absolute Gasteiger partial charge is 0.141 e. The Morgan fingerprint density at radius 1 is 1.33 bits per heavy atom. The number of rotatable bonds is 7. The van der Waals surface area contributed by atoms with Crippen molar-refractivity contribution in [3.8, 4) is 5.75 Å². The van der Waals surface area contributed by atoms with Crippen molar-refractivity contribution in [2.24, 2.45) is 0 Å². The summed E-state index contributed by atoms with van der Waals surface area (Å²) in [5.74, 6) is 0.429. The maximum atomic E-state index is 13.1. The Kier molecular flexibility index (Phi) is 6.14. The van der Waals surface area contributed by atoms with Crippen molar-refractivity contribution in [2.45, 2.75) is 26.5 Å². The molecule has 0 radical (unpaired) electrons. The second kappa shape index (κ2) is 8.10. The summed E-state index contributed by atoms with van der Waals surface area (Å²) in [6.45, 7) is 4.11. The minimum atomic E-state index is -0.354. The van der Waals surface area contributed by atoms with Crippen LogP contribution in [0.1, 0.15) is 24.5 Å². The molecule has 112 valence electrons. The maximum absolute atomic E-state index is 13.1. The summed E-state index contributed by atoms with van der Waals surface area (Å²) < 4.78 is 19.9. The lowest BCUT2D eigenvalue weighted by molar-refractivity contribution is 0.299. The molecule has 0 amide bonds. The summed E-state index contributed by atoms with van der Waals surface area (Å²) in [6, 6.07) is 7.36. The van der Waals surface area contributed by atoms with Gasteiger partial charge in [-0.25, -0.2) is 4.39 Å². The largest absolute Gasteiger partial charge is 0.487 e. The number of aromatic nitrogens is 1. The van der Waals surface area contributed by atoms with E-state index in [2.05, 4.69) is 33.2 Å². The van der Waals surface area contributed by atoms with E-state index in [0.717, 1.165) is 35.3 Å². The van der Waals surface area contributed by atoms with E-state index in [1.807, 2.05) is 18.2 Å². The minimum absolute atomic E-state index is 0.286. The third-order valence-electron chi connectivity index (χ3n) is 2.94. The number of para-hydroxylation sites is 1. The molecule has 1 aromatic heterocycles. The first-order chi connectivity index (χ1) is 10.2. The molecule has 0 aliphatic carbocycles. The van der Waals surface area contributed by atoms with E-state index in [0.29, 0.717) is 5.56 Å². The zero-order valence-corrected chi connectivity index (χ0v) is 13.5. The molecule has 3 nitrogen and oxygen atoms in total. The SMILES string of the molecule is CCCNCc1cccc(Br)c1OCc1cncc(F)c1. The first kappa shape index (κ1) is 15.9. The van der Waals surface area contributed by atoms with E-state index in [9.17, 15) is 4.39 Å². The highest BCUT2D eigenvalue weighted by molar-refractivity contribution is 9.10. The Hall–Kier alpha value is -1.46. The molecule has 0 saturated heterocycles.